The summed E-state index contributed by atoms with van der Waals surface area (Å²) in [6.45, 7) is 6.19. The molecule has 0 saturated carbocycles. The molecule has 1 aromatic rings. The van der Waals surface area contributed by atoms with Gasteiger partial charge in [-0.3, -0.25) is 4.68 Å². The molecule has 1 saturated heterocycles. The van der Waals surface area contributed by atoms with Crippen LogP contribution in [0.15, 0.2) is 17.7 Å². The van der Waals surface area contributed by atoms with Crippen LogP contribution in [0.4, 0.5) is 0 Å². The number of aryl methyl sites for hydroxylation is 1. The fourth-order valence-electron chi connectivity index (χ4n) is 2.30. The van der Waals surface area contributed by atoms with Gasteiger partial charge in [-0.25, -0.2) is 0 Å². The van der Waals surface area contributed by atoms with Crippen molar-refractivity contribution in [1.82, 2.24) is 20.3 Å². The van der Waals surface area contributed by atoms with Gasteiger partial charge in [0.25, 0.3) is 0 Å². The van der Waals surface area contributed by atoms with E-state index in [1.165, 1.54) is 0 Å². The molecule has 0 aromatic carbocycles. The van der Waals surface area contributed by atoms with Gasteiger partial charge in [0.05, 0.1) is 15.2 Å². The molecule has 1 aromatic heterocycles. The molecule has 2 unspecified atom stereocenters. The van der Waals surface area contributed by atoms with E-state index in [2.05, 4.69) is 64.4 Å². The highest BCUT2D eigenvalue weighted by Gasteiger charge is 2.39. The number of aromatic nitrogens is 3. The minimum Gasteiger partial charge on any atom is -0.306 e. The van der Waals surface area contributed by atoms with Crippen molar-refractivity contribution in [2.45, 2.75) is 35.3 Å². The highest BCUT2D eigenvalue weighted by Crippen LogP contribution is 2.44. The number of hydrogen-bond donors (Lipinski definition) is 2. The van der Waals surface area contributed by atoms with Gasteiger partial charge in [-0.2, -0.15) is 0 Å². The molecule has 2 heterocycles. The number of hydrogen-bond acceptors (Lipinski definition) is 4. The Kier molecular flexibility index (Phi) is 3.84. The van der Waals surface area contributed by atoms with Gasteiger partial charge in [0.15, 0.2) is 0 Å². The molecule has 1 aliphatic heterocycles. The summed E-state index contributed by atoms with van der Waals surface area (Å²) in [6.07, 6.45) is 3.97. The second-order valence-electron chi connectivity index (χ2n) is 4.76. The normalized spacial score (nSPS) is 33.6. The number of halogens is 1. The van der Waals surface area contributed by atoms with E-state index >= 15 is 0 Å². The van der Waals surface area contributed by atoms with Gasteiger partial charge >= 0.3 is 0 Å². The third-order valence-corrected chi connectivity index (χ3v) is 5.52. The summed E-state index contributed by atoms with van der Waals surface area (Å²) in [5, 5.41) is 11.7. The number of nitrogens with zero attached hydrogens (tertiary/aromatic N) is 3. The molecule has 0 spiro atoms. The van der Waals surface area contributed by atoms with Crippen molar-refractivity contribution >= 4 is 35.2 Å². The molecule has 1 N–H and O–H groups in total. The zero-order valence-corrected chi connectivity index (χ0v) is 13.1. The van der Waals surface area contributed by atoms with Crippen molar-refractivity contribution in [3.8, 4) is 0 Å². The smallest absolute Gasteiger partial charge is 0.0996 e. The fourth-order valence-corrected chi connectivity index (χ4v) is 3.59. The minimum absolute atomic E-state index is 0.0354. The first-order valence-corrected chi connectivity index (χ1v) is 7.13. The van der Waals surface area contributed by atoms with Crippen LogP contribution in [0.1, 0.15) is 31.5 Å². The van der Waals surface area contributed by atoms with Crippen LogP contribution < -0.4 is 5.32 Å². The maximum absolute atomic E-state index is 4.45. The number of alkyl halides is 1. The molecule has 0 bridgehead atoms. The number of rotatable bonds is 2. The lowest BCUT2D eigenvalue weighted by molar-refractivity contribution is 0.315. The molecule has 6 heteroatoms. The Bertz CT molecular complexity index is 433. The highest BCUT2D eigenvalue weighted by molar-refractivity contribution is 14.1. The lowest BCUT2D eigenvalue weighted by Crippen LogP contribution is -2.45. The number of piperidine rings is 1. The summed E-state index contributed by atoms with van der Waals surface area (Å²) >= 11 is 6.93. The first-order valence-electron chi connectivity index (χ1n) is 5.60. The molecule has 17 heavy (non-hydrogen) atoms. The van der Waals surface area contributed by atoms with Crippen molar-refractivity contribution in [2.75, 3.05) is 0 Å². The Morgan fingerprint density at radius 1 is 1.71 bits per heavy atom. The summed E-state index contributed by atoms with van der Waals surface area (Å²) in [4.78, 5) is 0.945. The van der Waals surface area contributed by atoms with Gasteiger partial charge in [-0.15, -0.1) is 17.7 Å². The lowest BCUT2D eigenvalue weighted by Gasteiger charge is -2.40. The molecule has 0 radical (unpaired) electrons. The second-order valence-corrected chi connectivity index (χ2v) is 7.36. The van der Waals surface area contributed by atoms with Gasteiger partial charge in [-0.05, 0) is 24.7 Å². The Balaban J connectivity index is 2.22. The molecule has 3 atom stereocenters. The predicted molar refractivity (Wildman–Crippen MR) is 80.5 cm³/mol. The molecule has 2 rings (SSSR count). The maximum Gasteiger partial charge on any atom is 0.0996 e. The molecule has 1 fully saturated rings. The summed E-state index contributed by atoms with van der Waals surface area (Å²) in [5.41, 5.74) is 0.995. The third kappa shape index (κ3) is 2.85. The van der Waals surface area contributed by atoms with Crippen LogP contribution in [0, 0.1) is 0 Å². The maximum atomic E-state index is 4.45. The average Bonchev–Trinajstić information content (AvgIpc) is 2.63. The van der Waals surface area contributed by atoms with E-state index in [0.29, 0.717) is 6.04 Å². The van der Waals surface area contributed by atoms with E-state index in [1.54, 1.807) is 4.68 Å². The van der Waals surface area contributed by atoms with E-state index in [4.69, 9.17) is 0 Å². The van der Waals surface area contributed by atoms with Gasteiger partial charge in [0.2, 0.25) is 0 Å². The minimum atomic E-state index is 0.0354. The van der Waals surface area contributed by atoms with Crippen LogP contribution in [-0.2, 0) is 7.05 Å². The van der Waals surface area contributed by atoms with Gasteiger partial charge in [-0.1, -0.05) is 34.4 Å². The molecule has 4 nitrogen and oxygen atoms in total. The topological polar surface area (TPSA) is 42.7 Å². The number of allylic oxidation sites excluding steroid dienone is 1. The quantitative estimate of drug-likeness (QED) is 0.481. The molecular weight excluding hydrogens is 347 g/mol. The molecule has 1 aliphatic rings. The van der Waals surface area contributed by atoms with Crippen molar-refractivity contribution in [3.05, 3.63) is 23.4 Å². The molecule has 0 amide bonds. The van der Waals surface area contributed by atoms with E-state index in [9.17, 15) is 0 Å². The standard InChI is InChI=1S/C11H17IN4S/c1-7-4-11(12,8(2)17)5-9(13-7)10-6-16(3)15-14-10/h6-7,9,13,17H,2,4-5H2,1,3H3/t7?,9-,11?/m0/s1. The van der Waals surface area contributed by atoms with Gasteiger partial charge < -0.3 is 5.32 Å². The Morgan fingerprint density at radius 3 is 2.94 bits per heavy atom. The SMILES string of the molecule is C=C(S)C1(I)CC(C)N[C@H](c2cn(C)nn2)C1. The fraction of sp³-hybridized carbons (Fsp3) is 0.636. The Morgan fingerprint density at radius 2 is 2.41 bits per heavy atom. The third-order valence-electron chi connectivity index (χ3n) is 3.14. The zero-order valence-electron chi connectivity index (χ0n) is 10.0. The second kappa shape index (κ2) is 4.89. The number of nitrogens with one attached hydrogen (secondary N) is 1. The van der Waals surface area contributed by atoms with Crippen LogP contribution in [0.3, 0.4) is 0 Å². The van der Waals surface area contributed by atoms with Gasteiger partial charge in [0, 0.05) is 19.3 Å². The average molecular weight is 364 g/mol. The summed E-state index contributed by atoms with van der Waals surface area (Å²) < 4.78 is 1.77. The van der Waals surface area contributed by atoms with Crippen LogP contribution in [0.25, 0.3) is 0 Å². The van der Waals surface area contributed by atoms with Crippen LogP contribution in [0.5, 0.6) is 0 Å². The first kappa shape index (κ1) is 13.4. The monoisotopic (exact) mass is 364 g/mol. The van der Waals surface area contributed by atoms with E-state index < -0.39 is 0 Å². The van der Waals surface area contributed by atoms with Crippen molar-refractivity contribution < 1.29 is 0 Å². The lowest BCUT2D eigenvalue weighted by atomic mass is 9.87. The number of thiol groups is 1. The summed E-state index contributed by atoms with van der Waals surface area (Å²) in [6, 6.07) is 0.657. The van der Waals surface area contributed by atoms with Crippen molar-refractivity contribution in [1.29, 1.82) is 0 Å². The Hall–Kier alpha value is -0.0800. The van der Waals surface area contributed by atoms with Crippen LogP contribution in [-0.4, -0.2) is 24.5 Å². The van der Waals surface area contributed by atoms with Gasteiger partial charge in [0.1, 0.15) is 0 Å². The van der Waals surface area contributed by atoms with Crippen LogP contribution >= 0.6 is 35.2 Å². The molecule has 0 aliphatic carbocycles. The predicted octanol–water partition coefficient (Wildman–Crippen LogP) is 2.25. The Labute approximate surface area is 121 Å². The highest BCUT2D eigenvalue weighted by atomic mass is 127. The van der Waals surface area contributed by atoms with Crippen LogP contribution in [0.2, 0.25) is 0 Å². The van der Waals surface area contributed by atoms with E-state index in [-0.39, 0.29) is 9.46 Å². The zero-order chi connectivity index (χ0) is 12.6. The summed E-state index contributed by atoms with van der Waals surface area (Å²) in [7, 11) is 1.89. The molecule has 94 valence electrons. The van der Waals surface area contributed by atoms with Crippen molar-refractivity contribution in [3.63, 3.8) is 0 Å². The largest absolute Gasteiger partial charge is 0.306 e. The first-order chi connectivity index (χ1) is 7.90. The molecular formula is C11H17IN4S. The van der Waals surface area contributed by atoms with E-state index in [0.717, 1.165) is 23.4 Å². The summed E-state index contributed by atoms with van der Waals surface area (Å²) in [5.74, 6) is 0. The van der Waals surface area contributed by atoms with E-state index in [1.807, 2.05) is 13.2 Å². The van der Waals surface area contributed by atoms with Crippen molar-refractivity contribution in [2.24, 2.45) is 7.05 Å².